The zero-order valence-electron chi connectivity index (χ0n) is 18.3. The molecule has 176 valence electrons. The number of anilines is 2. The molecule has 1 aromatic carbocycles. The molecule has 4 rings (SSSR count). The number of alkyl halides is 3. The van der Waals surface area contributed by atoms with E-state index in [1.165, 1.54) is 30.2 Å². The summed E-state index contributed by atoms with van der Waals surface area (Å²) < 4.78 is 48.4. The maximum Gasteiger partial charge on any atom is 0.420 e. The van der Waals surface area contributed by atoms with E-state index < -0.39 is 11.7 Å². The maximum atomic E-state index is 13.7. The normalized spacial score (nSPS) is 11.9. The van der Waals surface area contributed by atoms with E-state index in [4.69, 9.17) is 4.74 Å². The fourth-order valence-electron chi connectivity index (χ4n) is 3.56. The minimum atomic E-state index is -4.49. The third-order valence-electron chi connectivity index (χ3n) is 5.30. The third-order valence-corrected chi connectivity index (χ3v) is 6.91. The van der Waals surface area contributed by atoms with Crippen molar-refractivity contribution in [1.82, 2.24) is 9.38 Å². The van der Waals surface area contributed by atoms with Gasteiger partial charge >= 0.3 is 6.18 Å². The Balaban J connectivity index is 1.41. The monoisotopic (exact) mass is 493 g/mol. The van der Waals surface area contributed by atoms with Crippen LogP contribution in [0.4, 0.5) is 23.9 Å². The fraction of sp³-hybridized carbons (Fsp3) is 0.375. The van der Waals surface area contributed by atoms with E-state index >= 15 is 0 Å². The van der Waals surface area contributed by atoms with Gasteiger partial charge in [-0.25, -0.2) is 4.98 Å². The zero-order valence-corrected chi connectivity index (χ0v) is 20.0. The average molecular weight is 494 g/mol. The van der Waals surface area contributed by atoms with Gasteiger partial charge in [-0.15, -0.1) is 22.7 Å². The standard InChI is InChI=1S/C24H26F3N3OS2/c1-2-3-4-5-6-7-11-31-21-9-8-18(14-19(21)24(25,26)27)28-22-13-17(16-33-22)20-15-30-10-12-32-23(30)29-20/h8-10,12-16,28H,2-7,11H2,1H3. The summed E-state index contributed by atoms with van der Waals surface area (Å²) in [6, 6.07) is 6.04. The average Bonchev–Trinajstić information content (AvgIpc) is 3.49. The van der Waals surface area contributed by atoms with Crippen molar-refractivity contribution in [2.45, 2.75) is 51.6 Å². The summed E-state index contributed by atoms with van der Waals surface area (Å²) in [6.07, 6.45) is 5.73. The number of benzene rings is 1. The van der Waals surface area contributed by atoms with Crippen LogP contribution in [0.1, 0.15) is 51.0 Å². The van der Waals surface area contributed by atoms with Crippen LogP contribution in [0.25, 0.3) is 16.2 Å². The van der Waals surface area contributed by atoms with E-state index in [1.807, 2.05) is 33.6 Å². The number of rotatable bonds is 11. The molecular formula is C24H26F3N3OS2. The Morgan fingerprint density at radius 1 is 1.06 bits per heavy atom. The van der Waals surface area contributed by atoms with Crippen LogP contribution in [-0.2, 0) is 6.18 Å². The lowest BCUT2D eigenvalue weighted by molar-refractivity contribution is -0.138. The number of aromatic nitrogens is 2. The van der Waals surface area contributed by atoms with Gasteiger partial charge in [-0.3, -0.25) is 4.40 Å². The molecule has 0 fully saturated rings. The number of hydrogen-bond donors (Lipinski definition) is 1. The van der Waals surface area contributed by atoms with Gasteiger partial charge in [0, 0.05) is 34.4 Å². The molecule has 0 aliphatic heterocycles. The molecule has 0 aliphatic carbocycles. The molecule has 0 radical (unpaired) electrons. The predicted octanol–water partition coefficient (Wildman–Crippen LogP) is 8.63. The SMILES string of the molecule is CCCCCCCCOc1ccc(Nc2cc(-c3cn4ccsc4n3)cs2)cc1C(F)(F)F. The summed E-state index contributed by atoms with van der Waals surface area (Å²) in [5, 5.41) is 7.74. The molecule has 0 bridgehead atoms. The number of thiazole rings is 1. The number of hydrogen-bond acceptors (Lipinski definition) is 5. The molecule has 3 heterocycles. The largest absolute Gasteiger partial charge is 0.493 e. The Morgan fingerprint density at radius 2 is 1.88 bits per heavy atom. The lowest BCUT2D eigenvalue weighted by Gasteiger charge is -2.16. The Bertz CT molecular complexity index is 1150. The first-order valence-electron chi connectivity index (χ1n) is 11.1. The van der Waals surface area contributed by atoms with Gasteiger partial charge in [-0.1, -0.05) is 39.0 Å². The van der Waals surface area contributed by atoms with Crippen LogP contribution in [0.2, 0.25) is 0 Å². The lowest BCUT2D eigenvalue weighted by Crippen LogP contribution is -2.10. The van der Waals surface area contributed by atoms with Gasteiger partial charge in [0.25, 0.3) is 0 Å². The molecule has 33 heavy (non-hydrogen) atoms. The minimum Gasteiger partial charge on any atom is -0.493 e. The van der Waals surface area contributed by atoms with Gasteiger partial charge in [-0.05, 0) is 30.7 Å². The van der Waals surface area contributed by atoms with Crippen LogP contribution in [-0.4, -0.2) is 16.0 Å². The summed E-state index contributed by atoms with van der Waals surface area (Å²) >= 11 is 2.97. The van der Waals surface area contributed by atoms with Crippen molar-refractivity contribution in [3.05, 3.63) is 53.0 Å². The first kappa shape index (κ1) is 23.6. The Hall–Kier alpha value is -2.52. The quantitative estimate of drug-likeness (QED) is 0.213. The second-order valence-corrected chi connectivity index (χ2v) is 9.65. The zero-order chi connectivity index (χ0) is 23.3. The molecule has 4 aromatic rings. The van der Waals surface area contributed by atoms with E-state index in [0.29, 0.717) is 12.3 Å². The van der Waals surface area contributed by atoms with Crippen molar-refractivity contribution < 1.29 is 17.9 Å². The lowest BCUT2D eigenvalue weighted by atomic mass is 10.1. The van der Waals surface area contributed by atoms with Gasteiger partial charge < -0.3 is 10.1 Å². The van der Waals surface area contributed by atoms with E-state index in [9.17, 15) is 13.2 Å². The maximum absolute atomic E-state index is 13.7. The number of thiophene rings is 1. The molecule has 3 aromatic heterocycles. The minimum absolute atomic E-state index is 0.119. The molecule has 0 saturated heterocycles. The number of imidazole rings is 1. The van der Waals surface area contributed by atoms with Crippen molar-refractivity contribution in [2.24, 2.45) is 0 Å². The van der Waals surface area contributed by atoms with Crippen molar-refractivity contribution in [2.75, 3.05) is 11.9 Å². The van der Waals surface area contributed by atoms with Gasteiger partial charge in [0.15, 0.2) is 4.96 Å². The fourth-order valence-corrected chi connectivity index (χ4v) is 5.08. The van der Waals surface area contributed by atoms with Gasteiger partial charge in [0.1, 0.15) is 5.75 Å². The van der Waals surface area contributed by atoms with Crippen molar-refractivity contribution in [1.29, 1.82) is 0 Å². The van der Waals surface area contributed by atoms with Crippen molar-refractivity contribution in [3.8, 4) is 17.0 Å². The van der Waals surface area contributed by atoms with E-state index in [0.717, 1.165) is 53.0 Å². The van der Waals surface area contributed by atoms with Crippen LogP contribution in [0.15, 0.2) is 47.4 Å². The molecular weight excluding hydrogens is 467 g/mol. The number of ether oxygens (including phenoxy) is 1. The van der Waals surface area contributed by atoms with Gasteiger partial charge in [0.05, 0.1) is 22.9 Å². The van der Waals surface area contributed by atoms with Crippen LogP contribution < -0.4 is 10.1 Å². The van der Waals surface area contributed by atoms with Gasteiger partial charge in [0.2, 0.25) is 0 Å². The first-order valence-corrected chi connectivity index (χ1v) is 12.8. The molecule has 0 spiro atoms. The molecule has 0 saturated carbocycles. The summed E-state index contributed by atoms with van der Waals surface area (Å²) in [5.41, 5.74) is 1.37. The van der Waals surface area contributed by atoms with E-state index in [1.54, 1.807) is 17.4 Å². The van der Waals surface area contributed by atoms with Crippen LogP contribution in [0.3, 0.4) is 0 Å². The Kier molecular flexibility index (Phi) is 7.60. The Morgan fingerprint density at radius 3 is 2.67 bits per heavy atom. The summed E-state index contributed by atoms with van der Waals surface area (Å²) in [7, 11) is 0. The smallest absolute Gasteiger partial charge is 0.420 e. The van der Waals surface area contributed by atoms with Gasteiger partial charge in [-0.2, -0.15) is 13.2 Å². The summed E-state index contributed by atoms with van der Waals surface area (Å²) in [4.78, 5) is 5.47. The Labute approximate surface area is 199 Å². The third kappa shape index (κ3) is 6.09. The first-order chi connectivity index (χ1) is 15.9. The van der Waals surface area contributed by atoms with Crippen LogP contribution in [0.5, 0.6) is 5.75 Å². The van der Waals surface area contributed by atoms with Crippen LogP contribution in [0, 0.1) is 0 Å². The number of fused-ring (bicyclic) bond motifs is 1. The number of halogens is 3. The van der Waals surface area contributed by atoms with E-state index in [-0.39, 0.29) is 5.75 Å². The number of unbranched alkanes of at least 4 members (excludes halogenated alkanes) is 5. The van der Waals surface area contributed by atoms with Crippen molar-refractivity contribution >= 4 is 38.3 Å². The second kappa shape index (κ2) is 10.6. The number of nitrogens with one attached hydrogen (secondary N) is 1. The predicted molar refractivity (Wildman–Crippen MR) is 130 cm³/mol. The highest BCUT2D eigenvalue weighted by molar-refractivity contribution is 7.15. The van der Waals surface area contributed by atoms with Crippen LogP contribution >= 0.6 is 22.7 Å². The van der Waals surface area contributed by atoms with Crippen molar-refractivity contribution in [3.63, 3.8) is 0 Å². The molecule has 1 N–H and O–H groups in total. The number of nitrogens with zero attached hydrogens (tertiary/aromatic N) is 2. The molecule has 0 amide bonds. The highest BCUT2D eigenvalue weighted by Crippen LogP contribution is 2.39. The molecule has 0 atom stereocenters. The van der Waals surface area contributed by atoms with E-state index in [2.05, 4.69) is 17.2 Å². The molecule has 0 unspecified atom stereocenters. The summed E-state index contributed by atoms with van der Waals surface area (Å²) in [6.45, 7) is 2.44. The molecule has 9 heteroatoms. The highest BCUT2D eigenvalue weighted by atomic mass is 32.1. The molecule has 4 nitrogen and oxygen atoms in total. The summed E-state index contributed by atoms with van der Waals surface area (Å²) in [5.74, 6) is -0.119. The second-order valence-electron chi connectivity index (χ2n) is 7.87. The highest BCUT2D eigenvalue weighted by Gasteiger charge is 2.34. The molecule has 0 aliphatic rings. The topological polar surface area (TPSA) is 38.6 Å².